The van der Waals surface area contributed by atoms with Crippen LogP contribution in [0, 0.1) is 5.92 Å². The maximum absolute atomic E-state index is 12.7. The number of amides is 1. The Morgan fingerprint density at radius 3 is 2.73 bits per heavy atom. The minimum atomic E-state index is -0.983. The Hall–Kier alpha value is -2.41. The van der Waals surface area contributed by atoms with E-state index in [0.717, 1.165) is 31.2 Å². The van der Waals surface area contributed by atoms with Crippen LogP contribution in [0.25, 0.3) is 11.0 Å². The molecule has 1 atom stereocenters. The van der Waals surface area contributed by atoms with Crippen molar-refractivity contribution in [2.24, 2.45) is 5.92 Å². The number of carboxylic acid groups (broad SMARTS) is 1. The van der Waals surface area contributed by atoms with Crippen molar-refractivity contribution in [3.63, 3.8) is 0 Å². The third-order valence-corrected chi connectivity index (χ3v) is 5.48. The van der Waals surface area contributed by atoms with Crippen LogP contribution in [0.4, 0.5) is 0 Å². The van der Waals surface area contributed by atoms with E-state index in [1.165, 1.54) is 19.0 Å². The number of nitrogens with one attached hydrogen (secondary N) is 3. The number of aromatic nitrogens is 2. The van der Waals surface area contributed by atoms with Crippen molar-refractivity contribution in [1.29, 1.82) is 0 Å². The predicted molar refractivity (Wildman–Crippen MR) is 96.8 cm³/mol. The monoisotopic (exact) mass is 356 g/mol. The van der Waals surface area contributed by atoms with Gasteiger partial charge in [-0.3, -0.25) is 4.79 Å². The number of H-pyrrole nitrogens is 1. The summed E-state index contributed by atoms with van der Waals surface area (Å²) in [4.78, 5) is 31.3. The number of aromatic amines is 1. The van der Waals surface area contributed by atoms with Crippen LogP contribution in [0.1, 0.15) is 54.4 Å². The molecule has 0 aromatic carbocycles. The lowest BCUT2D eigenvalue weighted by Crippen LogP contribution is -2.48. The Morgan fingerprint density at radius 2 is 2.04 bits per heavy atom. The fourth-order valence-corrected chi connectivity index (χ4v) is 3.92. The number of nitrogens with zero attached hydrogens (tertiary/aromatic N) is 1. The number of fused-ring (bicyclic) bond motifs is 1. The first-order chi connectivity index (χ1) is 12.6. The summed E-state index contributed by atoms with van der Waals surface area (Å²) in [6.07, 6.45) is 9.76. The summed E-state index contributed by atoms with van der Waals surface area (Å²) in [5, 5.41) is 16.6. The summed E-state index contributed by atoms with van der Waals surface area (Å²) in [5.41, 5.74) is 1.61. The van der Waals surface area contributed by atoms with Gasteiger partial charge in [-0.05, 0) is 43.2 Å². The largest absolute Gasteiger partial charge is 0.478 e. The van der Waals surface area contributed by atoms with Crippen molar-refractivity contribution < 1.29 is 14.7 Å². The van der Waals surface area contributed by atoms with Gasteiger partial charge >= 0.3 is 5.97 Å². The molecule has 7 nitrogen and oxygen atoms in total. The van der Waals surface area contributed by atoms with Gasteiger partial charge in [0.05, 0.1) is 11.6 Å². The number of carboxylic acids is 1. The third kappa shape index (κ3) is 3.44. The van der Waals surface area contributed by atoms with Crippen molar-refractivity contribution in [3.05, 3.63) is 29.6 Å². The highest BCUT2D eigenvalue weighted by atomic mass is 16.4. The van der Waals surface area contributed by atoms with E-state index in [2.05, 4.69) is 20.6 Å². The Kier molecular flexibility index (Phi) is 4.63. The smallest absolute Gasteiger partial charge is 0.337 e. The van der Waals surface area contributed by atoms with E-state index < -0.39 is 5.97 Å². The molecule has 1 unspecified atom stereocenters. The van der Waals surface area contributed by atoms with Gasteiger partial charge in [0, 0.05) is 30.4 Å². The van der Waals surface area contributed by atoms with Crippen molar-refractivity contribution in [3.8, 4) is 0 Å². The van der Waals surface area contributed by atoms with Crippen molar-refractivity contribution in [2.45, 2.75) is 57.2 Å². The van der Waals surface area contributed by atoms with Gasteiger partial charge in [0.1, 0.15) is 5.65 Å². The summed E-state index contributed by atoms with van der Waals surface area (Å²) in [6, 6.07) is 1.90. The van der Waals surface area contributed by atoms with Crippen LogP contribution in [0.5, 0.6) is 0 Å². The Balaban J connectivity index is 1.49. The van der Waals surface area contributed by atoms with E-state index in [0.29, 0.717) is 29.5 Å². The fraction of sp³-hybridized carbons (Fsp3) is 0.526. The van der Waals surface area contributed by atoms with Gasteiger partial charge in [-0.2, -0.15) is 0 Å². The highest BCUT2D eigenvalue weighted by Crippen LogP contribution is 2.33. The molecule has 26 heavy (non-hydrogen) atoms. The number of rotatable bonds is 7. The van der Waals surface area contributed by atoms with Crippen LogP contribution < -0.4 is 10.6 Å². The normalized spacial score (nSPS) is 18.9. The summed E-state index contributed by atoms with van der Waals surface area (Å²) in [7, 11) is 0. The molecule has 2 aromatic rings. The first-order valence-electron chi connectivity index (χ1n) is 9.35. The minimum absolute atomic E-state index is 0.0808. The molecule has 4 rings (SSSR count). The molecule has 2 aliphatic rings. The molecule has 0 bridgehead atoms. The maximum atomic E-state index is 12.7. The average Bonchev–Trinajstić information content (AvgIpc) is 3.14. The maximum Gasteiger partial charge on any atom is 0.337 e. The Bertz CT molecular complexity index is 821. The van der Waals surface area contributed by atoms with Crippen LogP contribution in [-0.4, -0.2) is 39.0 Å². The highest BCUT2D eigenvalue weighted by Gasteiger charge is 2.36. The topological polar surface area (TPSA) is 107 Å². The van der Waals surface area contributed by atoms with Gasteiger partial charge in [0.25, 0.3) is 0 Å². The number of carbonyl (C=O) groups is 2. The SMILES string of the molecule is O=C(O)c1c[nH]c2nccc(CNC(C(=O)NC3CCCC3)C3CC3)c12. The molecule has 1 amide bonds. The molecular weight excluding hydrogens is 332 g/mol. The second-order valence-corrected chi connectivity index (χ2v) is 7.39. The van der Waals surface area contributed by atoms with Gasteiger partial charge in [0.2, 0.25) is 5.91 Å². The molecule has 4 N–H and O–H groups in total. The Morgan fingerprint density at radius 1 is 1.27 bits per heavy atom. The molecule has 7 heteroatoms. The number of pyridine rings is 1. The van der Waals surface area contributed by atoms with E-state index in [1.54, 1.807) is 6.20 Å². The molecule has 2 saturated carbocycles. The van der Waals surface area contributed by atoms with Crippen LogP contribution in [0.2, 0.25) is 0 Å². The van der Waals surface area contributed by atoms with E-state index in [1.807, 2.05) is 6.07 Å². The lowest BCUT2D eigenvalue weighted by molar-refractivity contribution is -0.124. The summed E-state index contributed by atoms with van der Waals surface area (Å²) in [6.45, 7) is 0.441. The highest BCUT2D eigenvalue weighted by molar-refractivity contribution is 6.03. The molecule has 138 valence electrons. The molecule has 0 saturated heterocycles. The Labute approximate surface area is 151 Å². The quantitative estimate of drug-likeness (QED) is 0.608. The summed E-state index contributed by atoms with van der Waals surface area (Å²) >= 11 is 0. The van der Waals surface area contributed by atoms with Gasteiger partial charge in [-0.25, -0.2) is 9.78 Å². The average molecular weight is 356 g/mol. The molecule has 2 heterocycles. The zero-order valence-electron chi connectivity index (χ0n) is 14.6. The third-order valence-electron chi connectivity index (χ3n) is 5.48. The first kappa shape index (κ1) is 17.0. The van der Waals surface area contributed by atoms with Crippen molar-refractivity contribution in [2.75, 3.05) is 0 Å². The summed E-state index contributed by atoms with van der Waals surface area (Å²) in [5.74, 6) is -0.528. The number of hydrogen-bond donors (Lipinski definition) is 4. The van der Waals surface area contributed by atoms with Crippen molar-refractivity contribution >= 4 is 22.9 Å². The van der Waals surface area contributed by atoms with Gasteiger partial charge in [0.15, 0.2) is 0 Å². The van der Waals surface area contributed by atoms with E-state index in [4.69, 9.17) is 0 Å². The molecule has 2 fully saturated rings. The zero-order chi connectivity index (χ0) is 18.1. The molecule has 2 aliphatic carbocycles. The van der Waals surface area contributed by atoms with E-state index in [9.17, 15) is 14.7 Å². The number of hydrogen-bond acceptors (Lipinski definition) is 4. The van der Waals surface area contributed by atoms with Crippen LogP contribution >= 0.6 is 0 Å². The lowest BCUT2D eigenvalue weighted by atomic mass is 10.1. The molecule has 2 aromatic heterocycles. The second kappa shape index (κ2) is 7.07. The van der Waals surface area contributed by atoms with Crippen molar-refractivity contribution in [1.82, 2.24) is 20.6 Å². The van der Waals surface area contributed by atoms with Gasteiger partial charge in [-0.1, -0.05) is 12.8 Å². The first-order valence-corrected chi connectivity index (χ1v) is 9.35. The molecule has 0 radical (unpaired) electrons. The summed E-state index contributed by atoms with van der Waals surface area (Å²) < 4.78 is 0. The van der Waals surface area contributed by atoms with Crippen LogP contribution in [-0.2, 0) is 11.3 Å². The standard InChI is InChI=1S/C19H24N4O3/c24-18(23-13-3-1-2-4-13)16(11-5-6-11)21-9-12-7-8-20-17-15(12)14(10-22-17)19(25)26/h7-8,10-11,13,16,21H,1-6,9H2,(H,20,22)(H,23,24)(H,25,26). The second-order valence-electron chi connectivity index (χ2n) is 7.39. The molecular formula is C19H24N4O3. The van der Waals surface area contributed by atoms with E-state index >= 15 is 0 Å². The number of carbonyl (C=O) groups excluding carboxylic acids is 1. The van der Waals surface area contributed by atoms with Crippen LogP contribution in [0.3, 0.4) is 0 Å². The lowest BCUT2D eigenvalue weighted by Gasteiger charge is -2.21. The predicted octanol–water partition coefficient (Wildman–Crippen LogP) is 2.19. The molecule has 0 spiro atoms. The minimum Gasteiger partial charge on any atom is -0.478 e. The van der Waals surface area contributed by atoms with Gasteiger partial charge < -0.3 is 20.7 Å². The van der Waals surface area contributed by atoms with E-state index in [-0.39, 0.29) is 17.5 Å². The fourth-order valence-electron chi connectivity index (χ4n) is 3.92. The van der Waals surface area contributed by atoms with Crippen LogP contribution in [0.15, 0.2) is 18.5 Å². The zero-order valence-corrected chi connectivity index (χ0v) is 14.6. The number of aromatic carboxylic acids is 1. The van der Waals surface area contributed by atoms with Gasteiger partial charge in [-0.15, -0.1) is 0 Å². The molecule has 0 aliphatic heterocycles.